The highest BCUT2D eigenvalue weighted by Crippen LogP contribution is 2.39. The summed E-state index contributed by atoms with van der Waals surface area (Å²) in [6.07, 6.45) is 1.29. The lowest BCUT2D eigenvalue weighted by molar-refractivity contribution is -0.122. The molecule has 0 aliphatic carbocycles. The molecule has 188 valence electrons. The van der Waals surface area contributed by atoms with Crippen LogP contribution in [0.4, 0.5) is 14.9 Å². The molecule has 3 aromatic carbocycles. The van der Waals surface area contributed by atoms with Crippen LogP contribution in [-0.2, 0) is 16.2 Å². The number of halogens is 2. The molecule has 1 N–H and O–H groups in total. The van der Waals surface area contributed by atoms with E-state index in [1.165, 1.54) is 49.6 Å². The third-order valence-corrected chi connectivity index (χ3v) is 5.86. The van der Waals surface area contributed by atoms with Crippen molar-refractivity contribution in [1.82, 2.24) is 5.32 Å². The molecular formula is C26H18ClFN2O7. The van der Waals surface area contributed by atoms with Gasteiger partial charge in [-0.2, -0.15) is 0 Å². The van der Waals surface area contributed by atoms with Gasteiger partial charge in [0.25, 0.3) is 11.8 Å². The van der Waals surface area contributed by atoms with Crippen LogP contribution in [0, 0.1) is 5.82 Å². The topological polar surface area (TPSA) is 103 Å². The molecule has 1 fully saturated rings. The SMILES string of the molecule is COc1cc(/C=C2\C(=O)NC(=O)N(c3ccc4c(c3)OCO4)C2=O)cc(Cl)c1OCc1ccc(F)cc1. The maximum absolute atomic E-state index is 13.2. The van der Waals surface area contributed by atoms with Crippen molar-refractivity contribution in [2.45, 2.75) is 6.61 Å². The number of amides is 4. The first-order valence-corrected chi connectivity index (χ1v) is 11.3. The second-order valence-corrected chi connectivity index (χ2v) is 8.35. The second-order valence-electron chi connectivity index (χ2n) is 7.94. The van der Waals surface area contributed by atoms with Gasteiger partial charge in [0.05, 0.1) is 17.8 Å². The molecule has 0 radical (unpaired) electrons. The van der Waals surface area contributed by atoms with Crippen molar-refractivity contribution in [3.8, 4) is 23.0 Å². The van der Waals surface area contributed by atoms with E-state index in [0.29, 0.717) is 22.6 Å². The lowest BCUT2D eigenvalue weighted by Gasteiger charge is -2.26. The maximum Gasteiger partial charge on any atom is 0.335 e. The minimum Gasteiger partial charge on any atom is -0.493 e. The number of nitrogens with one attached hydrogen (secondary N) is 1. The molecule has 0 aromatic heterocycles. The number of benzene rings is 3. The summed E-state index contributed by atoms with van der Waals surface area (Å²) < 4.78 is 34.9. The van der Waals surface area contributed by atoms with Gasteiger partial charge < -0.3 is 18.9 Å². The third-order valence-electron chi connectivity index (χ3n) is 5.58. The number of ether oxygens (including phenoxy) is 4. The summed E-state index contributed by atoms with van der Waals surface area (Å²) in [7, 11) is 1.41. The number of barbiturate groups is 1. The predicted molar refractivity (Wildman–Crippen MR) is 130 cm³/mol. The minimum absolute atomic E-state index is 0.0226. The molecule has 4 amide bonds. The van der Waals surface area contributed by atoms with Crippen molar-refractivity contribution in [2.24, 2.45) is 0 Å². The third kappa shape index (κ3) is 4.78. The monoisotopic (exact) mass is 524 g/mol. The molecule has 5 rings (SSSR count). The normalized spacial score (nSPS) is 15.7. The number of fused-ring (bicyclic) bond motifs is 1. The highest BCUT2D eigenvalue weighted by atomic mass is 35.5. The van der Waals surface area contributed by atoms with Crippen molar-refractivity contribution in [3.63, 3.8) is 0 Å². The average molecular weight is 525 g/mol. The van der Waals surface area contributed by atoms with E-state index in [4.69, 9.17) is 30.5 Å². The van der Waals surface area contributed by atoms with Crippen LogP contribution >= 0.6 is 11.6 Å². The first-order valence-electron chi connectivity index (χ1n) is 10.9. The van der Waals surface area contributed by atoms with Crippen molar-refractivity contribution in [3.05, 3.63) is 82.1 Å². The Bertz CT molecular complexity index is 1460. The first-order chi connectivity index (χ1) is 17.8. The van der Waals surface area contributed by atoms with E-state index >= 15 is 0 Å². The molecule has 9 nitrogen and oxygen atoms in total. The molecule has 0 bridgehead atoms. The number of hydrogen-bond acceptors (Lipinski definition) is 7. The molecule has 0 saturated carbocycles. The van der Waals surface area contributed by atoms with Crippen molar-refractivity contribution >= 4 is 41.2 Å². The predicted octanol–water partition coefficient (Wildman–Crippen LogP) is 4.46. The van der Waals surface area contributed by atoms with Crippen LogP contribution in [0.3, 0.4) is 0 Å². The summed E-state index contributed by atoms with van der Waals surface area (Å²) in [5.74, 6) is -0.742. The Labute approximate surface area is 214 Å². The molecule has 0 unspecified atom stereocenters. The van der Waals surface area contributed by atoms with Crippen molar-refractivity contribution in [1.29, 1.82) is 0 Å². The fourth-order valence-electron chi connectivity index (χ4n) is 3.78. The molecule has 2 aliphatic rings. The Morgan fingerprint density at radius 2 is 1.81 bits per heavy atom. The lowest BCUT2D eigenvalue weighted by Crippen LogP contribution is -2.54. The van der Waals surface area contributed by atoms with Gasteiger partial charge in [-0.1, -0.05) is 23.7 Å². The van der Waals surface area contributed by atoms with Gasteiger partial charge in [-0.25, -0.2) is 14.1 Å². The Kier molecular flexibility index (Phi) is 6.41. The lowest BCUT2D eigenvalue weighted by atomic mass is 10.1. The molecule has 1 saturated heterocycles. The van der Waals surface area contributed by atoms with E-state index in [2.05, 4.69) is 5.32 Å². The Hall–Kier alpha value is -4.57. The molecular weight excluding hydrogens is 507 g/mol. The van der Waals surface area contributed by atoms with Gasteiger partial charge in [-0.05, 0) is 53.6 Å². The van der Waals surface area contributed by atoms with Gasteiger partial charge >= 0.3 is 6.03 Å². The highest BCUT2D eigenvalue weighted by Gasteiger charge is 2.37. The van der Waals surface area contributed by atoms with Crippen LogP contribution in [0.5, 0.6) is 23.0 Å². The highest BCUT2D eigenvalue weighted by molar-refractivity contribution is 6.39. The number of hydrogen-bond donors (Lipinski definition) is 1. The zero-order valence-corrected chi connectivity index (χ0v) is 20.0. The number of anilines is 1. The van der Waals surface area contributed by atoms with Crippen LogP contribution in [0.2, 0.25) is 5.02 Å². The minimum atomic E-state index is -0.897. The second kappa shape index (κ2) is 9.82. The average Bonchev–Trinajstić information content (AvgIpc) is 3.34. The number of imide groups is 2. The zero-order chi connectivity index (χ0) is 26.1. The Morgan fingerprint density at radius 1 is 1.05 bits per heavy atom. The number of nitrogens with zero attached hydrogens (tertiary/aromatic N) is 1. The first kappa shape index (κ1) is 24.1. The molecule has 37 heavy (non-hydrogen) atoms. The van der Waals surface area contributed by atoms with Gasteiger partial charge in [0.1, 0.15) is 18.0 Å². The number of carbonyl (C=O) groups is 3. The van der Waals surface area contributed by atoms with E-state index in [1.807, 2.05) is 0 Å². The van der Waals surface area contributed by atoms with Crippen LogP contribution in [0.25, 0.3) is 6.08 Å². The molecule has 0 atom stereocenters. The quantitative estimate of drug-likeness (QED) is 0.375. The molecule has 11 heteroatoms. The van der Waals surface area contributed by atoms with E-state index in [9.17, 15) is 18.8 Å². The summed E-state index contributed by atoms with van der Waals surface area (Å²) in [6.45, 7) is 0.124. The maximum atomic E-state index is 13.2. The van der Waals surface area contributed by atoms with E-state index in [1.54, 1.807) is 18.2 Å². The van der Waals surface area contributed by atoms with E-state index in [-0.39, 0.29) is 47.0 Å². The van der Waals surface area contributed by atoms with Gasteiger partial charge in [0.2, 0.25) is 6.79 Å². The van der Waals surface area contributed by atoms with Gasteiger partial charge in [-0.15, -0.1) is 0 Å². The molecule has 2 heterocycles. The van der Waals surface area contributed by atoms with Crippen LogP contribution in [0.1, 0.15) is 11.1 Å². The van der Waals surface area contributed by atoms with Crippen molar-refractivity contribution < 1.29 is 37.7 Å². The summed E-state index contributed by atoms with van der Waals surface area (Å²) in [6, 6.07) is 12.4. The summed E-state index contributed by atoms with van der Waals surface area (Å²) in [5, 5.41) is 2.32. The fraction of sp³-hybridized carbons (Fsp3) is 0.115. The zero-order valence-electron chi connectivity index (χ0n) is 19.2. The smallest absolute Gasteiger partial charge is 0.335 e. The Morgan fingerprint density at radius 3 is 2.57 bits per heavy atom. The largest absolute Gasteiger partial charge is 0.493 e. The number of urea groups is 1. The van der Waals surface area contributed by atoms with Gasteiger partial charge in [0.15, 0.2) is 23.0 Å². The van der Waals surface area contributed by atoms with E-state index < -0.39 is 17.8 Å². The number of rotatable bonds is 6. The molecule has 0 spiro atoms. The molecule has 3 aromatic rings. The Balaban J connectivity index is 1.43. The van der Waals surface area contributed by atoms with Crippen LogP contribution in [-0.4, -0.2) is 31.7 Å². The summed E-state index contributed by atoms with van der Waals surface area (Å²) in [4.78, 5) is 39.1. The summed E-state index contributed by atoms with van der Waals surface area (Å²) >= 11 is 6.43. The summed E-state index contributed by atoms with van der Waals surface area (Å²) in [5.41, 5.74) is 0.971. The standard InChI is InChI=1S/C26H18ClFN2O7/c1-34-22-10-15(9-19(27)23(22)35-12-14-2-4-16(28)5-3-14)8-18-24(31)29-26(33)30(25(18)32)17-6-7-20-21(11-17)37-13-36-20/h2-11H,12-13H2,1H3,(H,29,31,33)/b18-8+. The fourth-order valence-corrected chi connectivity index (χ4v) is 4.06. The van der Waals surface area contributed by atoms with Gasteiger partial charge in [0, 0.05) is 6.07 Å². The van der Waals surface area contributed by atoms with Crippen LogP contribution < -0.4 is 29.2 Å². The van der Waals surface area contributed by atoms with Crippen molar-refractivity contribution in [2.75, 3.05) is 18.8 Å². The number of carbonyl (C=O) groups excluding carboxylic acids is 3. The van der Waals surface area contributed by atoms with Crippen LogP contribution in [0.15, 0.2) is 60.2 Å². The number of methoxy groups -OCH3 is 1. The van der Waals surface area contributed by atoms with Gasteiger partial charge in [-0.3, -0.25) is 14.9 Å². The van der Waals surface area contributed by atoms with E-state index in [0.717, 1.165) is 4.90 Å². The molecule has 2 aliphatic heterocycles.